The van der Waals surface area contributed by atoms with Crippen molar-refractivity contribution in [1.29, 1.82) is 0 Å². The van der Waals surface area contributed by atoms with Crippen LogP contribution in [0.4, 0.5) is 5.69 Å². The molecule has 1 unspecified atom stereocenters. The fourth-order valence-corrected chi connectivity index (χ4v) is 4.26. The monoisotopic (exact) mass is 446 g/mol. The van der Waals surface area contributed by atoms with Crippen LogP contribution >= 0.6 is 27.3 Å². The number of carbonyl (C=O) groups excluding carboxylic acids is 1. The van der Waals surface area contributed by atoms with Gasteiger partial charge in [-0.25, -0.2) is 0 Å². The molecule has 1 atom stereocenters. The molecule has 1 N–H and O–H groups in total. The lowest BCUT2D eigenvalue weighted by molar-refractivity contribution is -0.121. The van der Waals surface area contributed by atoms with Gasteiger partial charge in [-0.1, -0.05) is 23.4 Å². The summed E-state index contributed by atoms with van der Waals surface area (Å²) in [5.74, 6) is 1.22. The van der Waals surface area contributed by atoms with Gasteiger partial charge in [0.1, 0.15) is 0 Å². The Labute approximate surface area is 169 Å². The second-order valence-electron chi connectivity index (χ2n) is 6.53. The first-order valence-electron chi connectivity index (χ1n) is 8.83. The number of benzene rings is 1. The van der Waals surface area contributed by atoms with Crippen molar-refractivity contribution in [2.75, 3.05) is 18.4 Å². The number of hydrogen-bond donors (Lipinski definition) is 1. The molecule has 1 amide bonds. The highest BCUT2D eigenvalue weighted by atomic mass is 79.9. The van der Waals surface area contributed by atoms with Crippen molar-refractivity contribution in [2.24, 2.45) is 5.92 Å². The highest BCUT2D eigenvalue weighted by Gasteiger charge is 2.27. The van der Waals surface area contributed by atoms with E-state index in [0.29, 0.717) is 24.8 Å². The summed E-state index contributed by atoms with van der Waals surface area (Å²) in [5.41, 5.74) is 0.803. The molecule has 0 saturated carbocycles. The van der Waals surface area contributed by atoms with Gasteiger partial charge in [-0.15, -0.1) is 11.3 Å². The molecule has 1 fully saturated rings. The molecule has 1 saturated heterocycles. The SMILES string of the molecule is O=C(Nc1ccccc1Br)C1CCCN(Cc2nc(-c3cccs3)no2)C1. The summed E-state index contributed by atoms with van der Waals surface area (Å²) in [6, 6.07) is 11.6. The molecule has 27 heavy (non-hydrogen) atoms. The number of carbonyl (C=O) groups is 1. The molecule has 0 radical (unpaired) electrons. The minimum atomic E-state index is -0.0504. The summed E-state index contributed by atoms with van der Waals surface area (Å²) in [5, 5.41) is 9.07. The quantitative estimate of drug-likeness (QED) is 0.628. The van der Waals surface area contributed by atoms with Gasteiger partial charge < -0.3 is 9.84 Å². The number of piperidine rings is 1. The zero-order valence-corrected chi connectivity index (χ0v) is 17.0. The Hall–Kier alpha value is -2.03. The number of rotatable bonds is 5. The van der Waals surface area contributed by atoms with Crippen LogP contribution < -0.4 is 5.32 Å². The van der Waals surface area contributed by atoms with Crippen LogP contribution in [-0.4, -0.2) is 34.0 Å². The van der Waals surface area contributed by atoms with Crippen molar-refractivity contribution < 1.29 is 9.32 Å². The minimum Gasteiger partial charge on any atom is -0.338 e. The maximum absolute atomic E-state index is 12.7. The number of para-hydroxylation sites is 1. The normalized spacial score (nSPS) is 17.7. The molecule has 8 heteroatoms. The lowest BCUT2D eigenvalue weighted by Crippen LogP contribution is -2.40. The Kier molecular flexibility index (Phi) is 5.66. The zero-order chi connectivity index (χ0) is 18.6. The van der Waals surface area contributed by atoms with Crippen molar-refractivity contribution in [3.8, 4) is 10.7 Å². The molecule has 1 aliphatic heterocycles. The van der Waals surface area contributed by atoms with E-state index in [1.165, 1.54) is 0 Å². The molecular formula is C19H19BrN4O2S. The van der Waals surface area contributed by atoms with E-state index in [1.54, 1.807) is 11.3 Å². The fraction of sp³-hybridized carbons (Fsp3) is 0.316. The third-order valence-electron chi connectivity index (χ3n) is 4.58. The third kappa shape index (κ3) is 4.45. The number of anilines is 1. The average molecular weight is 447 g/mol. The smallest absolute Gasteiger partial charge is 0.241 e. The van der Waals surface area contributed by atoms with Crippen LogP contribution in [0.1, 0.15) is 18.7 Å². The number of likely N-dealkylation sites (tertiary alicyclic amines) is 1. The molecule has 1 aromatic carbocycles. The van der Waals surface area contributed by atoms with Gasteiger partial charge >= 0.3 is 0 Å². The zero-order valence-electron chi connectivity index (χ0n) is 14.6. The summed E-state index contributed by atoms with van der Waals surface area (Å²) in [7, 11) is 0. The van der Waals surface area contributed by atoms with Crippen LogP contribution in [0.25, 0.3) is 10.7 Å². The molecule has 4 rings (SSSR count). The Morgan fingerprint density at radius 1 is 1.33 bits per heavy atom. The van der Waals surface area contributed by atoms with Crippen molar-refractivity contribution in [3.63, 3.8) is 0 Å². The maximum atomic E-state index is 12.7. The van der Waals surface area contributed by atoms with Crippen LogP contribution in [0, 0.1) is 5.92 Å². The third-order valence-corrected chi connectivity index (χ3v) is 6.13. The first-order chi connectivity index (χ1) is 13.2. The predicted octanol–water partition coefficient (Wildman–Crippen LogP) is 4.41. The molecular weight excluding hydrogens is 428 g/mol. The minimum absolute atomic E-state index is 0.0504. The Morgan fingerprint density at radius 2 is 2.22 bits per heavy atom. The highest BCUT2D eigenvalue weighted by molar-refractivity contribution is 9.10. The second-order valence-corrected chi connectivity index (χ2v) is 8.33. The van der Waals surface area contributed by atoms with E-state index in [4.69, 9.17) is 4.52 Å². The largest absolute Gasteiger partial charge is 0.338 e. The first-order valence-corrected chi connectivity index (χ1v) is 10.5. The lowest BCUT2D eigenvalue weighted by Gasteiger charge is -2.30. The van der Waals surface area contributed by atoms with Gasteiger partial charge in [0.25, 0.3) is 0 Å². The van der Waals surface area contributed by atoms with Crippen molar-refractivity contribution in [1.82, 2.24) is 15.0 Å². The van der Waals surface area contributed by atoms with E-state index < -0.39 is 0 Å². The number of aromatic nitrogens is 2. The van der Waals surface area contributed by atoms with Gasteiger partial charge in [0.2, 0.25) is 17.6 Å². The van der Waals surface area contributed by atoms with Crippen LogP contribution in [0.3, 0.4) is 0 Å². The Bertz CT molecular complexity index is 912. The van der Waals surface area contributed by atoms with E-state index in [9.17, 15) is 4.79 Å². The first kappa shape index (κ1) is 18.3. The molecule has 0 bridgehead atoms. The molecule has 6 nitrogen and oxygen atoms in total. The van der Waals surface area contributed by atoms with Crippen LogP contribution in [-0.2, 0) is 11.3 Å². The maximum Gasteiger partial charge on any atom is 0.241 e. The van der Waals surface area contributed by atoms with Crippen molar-refractivity contribution >= 4 is 38.9 Å². The fourth-order valence-electron chi connectivity index (χ4n) is 3.23. The molecule has 140 valence electrons. The van der Waals surface area contributed by atoms with Crippen molar-refractivity contribution in [3.05, 3.63) is 52.1 Å². The van der Waals surface area contributed by atoms with Gasteiger partial charge in [-0.05, 0) is 58.9 Å². The van der Waals surface area contributed by atoms with Gasteiger partial charge in [-0.3, -0.25) is 9.69 Å². The number of hydrogen-bond acceptors (Lipinski definition) is 6. The summed E-state index contributed by atoms with van der Waals surface area (Å²) < 4.78 is 6.28. The topological polar surface area (TPSA) is 71.3 Å². The molecule has 1 aliphatic rings. The molecule has 0 spiro atoms. The number of nitrogens with one attached hydrogen (secondary N) is 1. The Morgan fingerprint density at radius 3 is 3.04 bits per heavy atom. The summed E-state index contributed by atoms with van der Waals surface area (Å²) in [6.07, 6.45) is 1.86. The average Bonchev–Trinajstić information content (AvgIpc) is 3.35. The van der Waals surface area contributed by atoms with Crippen LogP contribution in [0.15, 0.2) is 50.8 Å². The van der Waals surface area contributed by atoms with E-state index in [2.05, 4.69) is 36.3 Å². The summed E-state index contributed by atoms with van der Waals surface area (Å²) >= 11 is 5.06. The second kappa shape index (κ2) is 8.33. The van der Waals surface area contributed by atoms with E-state index >= 15 is 0 Å². The van der Waals surface area contributed by atoms with Gasteiger partial charge in [0.15, 0.2) is 0 Å². The van der Waals surface area contributed by atoms with Crippen LogP contribution in [0.5, 0.6) is 0 Å². The summed E-state index contributed by atoms with van der Waals surface area (Å²) in [4.78, 5) is 20.4. The van der Waals surface area contributed by atoms with Gasteiger partial charge in [-0.2, -0.15) is 4.98 Å². The standard InChI is InChI=1S/C19H19BrN4O2S/c20-14-6-1-2-7-15(14)21-19(25)13-5-3-9-24(11-13)12-17-22-18(23-26-17)16-8-4-10-27-16/h1-2,4,6-8,10,13H,3,5,9,11-12H2,(H,21,25). The van der Waals surface area contributed by atoms with E-state index in [0.717, 1.165) is 34.4 Å². The number of amides is 1. The number of thiophene rings is 1. The lowest BCUT2D eigenvalue weighted by atomic mass is 9.97. The molecule has 3 heterocycles. The Balaban J connectivity index is 1.37. The molecule has 3 aromatic rings. The van der Waals surface area contributed by atoms with E-state index in [-0.39, 0.29) is 11.8 Å². The van der Waals surface area contributed by atoms with Gasteiger partial charge in [0.05, 0.1) is 23.0 Å². The number of nitrogens with zero attached hydrogens (tertiary/aromatic N) is 3. The molecule has 0 aliphatic carbocycles. The molecule has 2 aromatic heterocycles. The van der Waals surface area contributed by atoms with E-state index in [1.807, 2.05) is 41.8 Å². The van der Waals surface area contributed by atoms with Crippen LogP contribution in [0.2, 0.25) is 0 Å². The predicted molar refractivity (Wildman–Crippen MR) is 108 cm³/mol. The number of halogens is 1. The van der Waals surface area contributed by atoms with Gasteiger partial charge in [0, 0.05) is 11.0 Å². The highest BCUT2D eigenvalue weighted by Crippen LogP contribution is 2.25. The van der Waals surface area contributed by atoms with Crippen molar-refractivity contribution in [2.45, 2.75) is 19.4 Å². The summed E-state index contributed by atoms with van der Waals surface area (Å²) in [6.45, 7) is 2.18.